The molecule has 1 rings (SSSR count). The van der Waals surface area contributed by atoms with Gasteiger partial charge in [-0.1, -0.05) is 24.3 Å². The summed E-state index contributed by atoms with van der Waals surface area (Å²) in [4.78, 5) is 3.97. The van der Waals surface area contributed by atoms with Crippen LogP contribution in [0.5, 0.6) is 5.75 Å². The van der Waals surface area contributed by atoms with Crippen LogP contribution >= 0.6 is 0 Å². The van der Waals surface area contributed by atoms with Crippen LogP contribution in [0.2, 0.25) is 0 Å². The number of rotatable bonds is 3. The third-order valence-corrected chi connectivity index (χ3v) is 1.41. The van der Waals surface area contributed by atoms with Crippen molar-refractivity contribution in [3.63, 3.8) is 0 Å². The maximum Gasteiger partial charge on any atom is 1.00 e. The average molecular weight is 164 g/mol. The molecule has 1 aromatic carbocycles. The predicted molar refractivity (Wildman–Crippen MR) is 48.5 cm³/mol. The van der Waals surface area contributed by atoms with Crippen LogP contribution in [-0.2, 0) is 0 Å². The average Bonchev–Trinajstić information content (AvgIpc) is 2.09. The summed E-state index contributed by atoms with van der Waals surface area (Å²) in [6.45, 7) is 1.08. The minimum atomic E-state index is -0.00160. The molecule has 3 nitrogen and oxygen atoms in total. The van der Waals surface area contributed by atoms with Crippen molar-refractivity contribution in [3.05, 3.63) is 29.8 Å². The monoisotopic (exact) mass is 164 g/mol. The molecule has 12 heavy (non-hydrogen) atoms. The molecule has 64 valence electrons. The first kappa shape index (κ1) is 8.74. The lowest BCUT2D eigenvalue weighted by molar-refractivity contribution is -0.268. The number of para-hydroxylation sites is 1. The summed E-state index contributed by atoms with van der Waals surface area (Å²) in [6.07, 6.45) is 1.56. The van der Waals surface area contributed by atoms with E-state index >= 15 is 0 Å². The van der Waals surface area contributed by atoms with Crippen LogP contribution in [0.25, 0.3) is 0 Å². The first-order chi connectivity index (χ1) is 5.84. The van der Waals surface area contributed by atoms with Crippen LogP contribution in [0.15, 0.2) is 29.3 Å². The van der Waals surface area contributed by atoms with Crippen LogP contribution in [0.1, 0.15) is 6.99 Å². The second-order valence-electron chi connectivity index (χ2n) is 2.36. The minimum Gasteiger partial charge on any atom is -0.872 e. The highest BCUT2D eigenvalue weighted by molar-refractivity contribution is 5.82. The van der Waals surface area contributed by atoms with Gasteiger partial charge < -0.3 is 10.8 Å². The van der Waals surface area contributed by atoms with Gasteiger partial charge in [-0.15, -0.1) is 5.75 Å². The SMILES string of the molecule is NCCN=Cc1ccccc1[O-].[H+]. The van der Waals surface area contributed by atoms with E-state index in [1.54, 1.807) is 18.3 Å². The molecule has 0 saturated carbocycles. The van der Waals surface area contributed by atoms with E-state index in [4.69, 9.17) is 5.73 Å². The summed E-state index contributed by atoms with van der Waals surface area (Å²) < 4.78 is 0. The molecule has 3 heteroatoms. The summed E-state index contributed by atoms with van der Waals surface area (Å²) in [6, 6.07) is 6.78. The van der Waals surface area contributed by atoms with Crippen molar-refractivity contribution < 1.29 is 6.53 Å². The lowest BCUT2D eigenvalue weighted by Gasteiger charge is -2.07. The fourth-order valence-electron chi connectivity index (χ4n) is 0.825. The zero-order valence-corrected chi connectivity index (χ0v) is 6.73. The Labute approximate surface area is 73.0 Å². The highest BCUT2D eigenvalue weighted by Crippen LogP contribution is 2.08. The van der Waals surface area contributed by atoms with Gasteiger partial charge in [-0.2, -0.15) is 0 Å². The van der Waals surface area contributed by atoms with Gasteiger partial charge in [0.25, 0.3) is 0 Å². The Hall–Kier alpha value is -1.35. The van der Waals surface area contributed by atoms with Gasteiger partial charge in [-0.05, 0) is 5.56 Å². The zero-order valence-electron chi connectivity index (χ0n) is 7.73. The van der Waals surface area contributed by atoms with E-state index in [9.17, 15) is 5.11 Å². The van der Waals surface area contributed by atoms with E-state index < -0.39 is 0 Å². The van der Waals surface area contributed by atoms with E-state index in [0.717, 1.165) is 0 Å². The van der Waals surface area contributed by atoms with Crippen LogP contribution in [0.4, 0.5) is 0 Å². The maximum atomic E-state index is 11.1. The molecule has 0 bridgehead atoms. The maximum absolute atomic E-state index is 11.1. The van der Waals surface area contributed by atoms with Crippen LogP contribution in [-0.4, -0.2) is 19.3 Å². The Morgan fingerprint density at radius 2 is 2.25 bits per heavy atom. The molecule has 0 heterocycles. The number of aliphatic imine (C=N–C) groups is 1. The minimum absolute atomic E-state index is 0. The molecule has 0 saturated heterocycles. The predicted octanol–water partition coefficient (Wildman–Crippen LogP) is 0.250. The van der Waals surface area contributed by atoms with Crippen molar-refractivity contribution >= 4 is 6.21 Å². The van der Waals surface area contributed by atoms with Gasteiger partial charge in [-0.3, -0.25) is 4.99 Å². The molecule has 0 atom stereocenters. The molecule has 1 aromatic rings. The lowest BCUT2D eigenvalue weighted by atomic mass is 10.2. The Kier molecular flexibility index (Phi) is 3.29. The van der Waals surface area contributed by atoms with Crippen molar-refractivity contribution in [1.29, 1.82) is 0 Å². The highest BCUT2D eigenvalue weighted by Gasteiger charge is 1.85. The van der Waals surface area contributed by atoms with Gasteiger partial charge in [-0.25, -0.2) is 0 Å². The second kappa shape index (κ2) is 4.51. The summed E-state index contributed by atoms with van der Waals surface area (Å²) in [5.74, 6) is -0.00160. The largest absolute Gasteiger partial charge is 1.00 e. The number of benzene rings is 1. The summed E-state index contributed by atoms with van der Waals surface area (Å²) in [7, 11) is 0. The summed E-state index contributed by atoms with van der Waals surface area (Å²) in [5, 5.41) is 11.1. The number of nitrogens with zero attached hydrogens (tertiary/aromatic N) is 1. The van der Waals surface area contributed by atoms with Gasteiger partial charge in [0.05, 0.1) is 6.54 Å². The van der Waals surface area contributed by atoms with Gasteiger partial charge >= 0.3 is 1.43 Å². The molecule has 0 unspecified atom stereocenters. The van der Waals surface area contributed by atoms with Gasteiger partial charge in [0.1, 0.15) is 0 Å². The number of nitrogens with two attached hydrogens (primary N) is 1. The highest BCUT2D eigenvalue weighted by atomic mass is 16.3. The molecular weight excluding hydrogens is 152 g/mol. The first-order valence-electron chi connectivity index (χ1n) is 3.80. The van der Waals surface area contributed by atoms with Crippen molar-refractivity contribution in [2.45, 2.75) is 0 Å². The normalized spacial score (nSPS) is 10.8. The standard InChI is InChI=1S/C9H12N2O/c10-5-6-11-7-8-3-1-2-4-9(8)12/h1-4,7,12H,5-6,10H2. The molecular formula is C9H12N2O. The molecule has 2 N–H and O–H groups in total. The molecule has 0 amide bonds. The van der Waals surface area contributed by atoms with Crippen molar-refractivity contribution in [3.8, 4) is 5.75 Å². The topological polar surface area (TPSA) is 61.4 Å². The van der Waals surface area contributed by atoms with Crippen molar-refractivity contribution in [2.75, 3.05) is 13.1 Å². The zero-order chi connectivity index (χ0) is 8.81. The Balaban J connectivity index is 0.00000144. The van der Waals surface area contributed by atoms with Crippen LogP contribution in [0, 0.1) is 0 Å². The van der Waals surface area contributed by atoms with Crippen molar-refractivity contribution in [1.82, 2.24) is 0 Å². The van der Waals surface area contributed by atoms with Crippen LogP contribution < -0.4 is 10.8 Å². The Morgan fingerprint density at radius 3 is 2.92 bits per heavy atom. The molecule has 0 aliphatic carbocycles. The molecule has 0 aliphatic heterocycles. The van der Waals surface area contributed by atoms with E-state index in [2.05, 4.69) is 4.99 Å². The third-order valence-electron chi connectivity index (χ3n) is 1.41. The number of hydrogen-bond acceptors (Lipinski definition) is 3. The second-order valence-corrected chi connectivity index (χ2v) is 2.36. The lowest BCUT2D eigenvalue weighted by Crippen LogP contribution is -2.03. The number of hydrogen-bond donors (Lipinski definition) is 1. The van der Waals surface area contributed by atoms with E-state index in [-0.39, 0.29) is 7.18 Å². The third kappa shape index (κ3) is 2.36. The molecule has 0 spiro atoms. The van der Waals surface area contributed by atoms with Gasteiger partial charge in [0.2, 0.25) is 0 Å². The van der Waals surface area contributed by atoms with E-state index in [0.29, 0.717) is 18.7 Å². The summed E-state index contributed by atoms with van der Waals surface area (Å²) >= 11 is 0. The molecule has 0 aromatic heterocycles. The molecule has 0 aliphatic rings. The first-order valence-corrected chi connectivity index (χ1v) is 3.80. The van der Waals surface area contributed by atoms with Crippen LogP contribution in [0.3, 0.4) is 0 Å². The molecule has 0 fully saturated rings. The smallest absolute Gasteiger partial charge is 0.872 e. The fraction of sp³-hybridized carbons (Fsp3) is 0.222. The van der Waals surface area contributed by atoms with Crippen molar-refractivity contribution in [2.24, 2.45) is 10.7 Å². The Bertz CT molecular complexity index is 276. The fourth-order valence-corrected chi connectivity index (χ4v) is 0.825. The Morgan fingerprint density at radius 1 is 1.50 bits per heavy atom. The van der Waals surface area contributed by atoms with Gasteiger partial charge in [0, 0.05) is 12.8 Å². The van der Waals surface area contributed by atoms with Gasteiger partial charge in [0.15, 0.2) is 0 Å². The molecule has 0 radical (unpaired) electrons. The quantitative estimate of drug-likeness (QED) is 0.651. The van der Waals surface area contributed by atoms with E-state index in [1.165, 1.54) is 6.07 Å². The van der Waals surface area contributed by atoms with E-state index in [1.807, 2.05) is 6.07 Å². The summed E-state index contributed by atoms with van der Waals surface area (Å²) in [5.41, 5.74) is 5.86.